The first kappa shape index (κ1) is 22.8. The van der Waals surface area contributed by atoms with E-state index in [1.807, 2.05) is 0 Å². The van der Waals surface area contributed by atoms with Gasteiger partial charge in [0.2, 0.25) is 0 Å². The summed E-state index contributed by atoms with van der Waals surface area (Å²) >= 11 is 0. The molecule has 166 valence electrons. The van der Waals surface area contributed by atoms with Crippen LogP contribution < -0.4 is 0 Å². The van der Waals surface area contributed by atoms with Crippen molar-refractivity contribution in [3.8, 4) is 0 Å². The predicted molar refractivity (Wildman–Crippen MR) is 119 cm³/mol. The minimum absolute atomic E-state index is 0.0764. The van der Waals surface area contributed by atoms with Crippen molar-refractivity contribution in [1.29, 1.82) is 0 Å². The van der Waals surface area contributed by atoms with E-state index in [-0.39, 0.29) is 12.2 Å². The smallest absolute Gasteiger partial charge is 0.339 e. The van der Waals surface area contributed by atoms with E-state index in [1.54, 1.807) is 24.3 Å². The number of hydrogen-bond donors (Lipinski definition) is 0. The van der Waals surface area contributed by atoms with Crippen LogP contribution in [0.1, 0.15) is 112 Å². The summed E-state index contributed by atoms with van der Waals surface area (Å²) in [6.07, 6.45) is 13.3. The average molecular weight is 415 g/mol. The van der Waals surface area contributed by atoms with E-state index < -0.39 is 11.9 Å². The number of rotatable bonds is 8. The molecule has 1 aromatic carbocycles. The van der Waals surface area contributed by atoms with Crippen LogP contribution in [0.3, 0.4) is 0 Å². The molecule has 0 aliphatic heterocycles. The lowest BCUT2D eigenvalue weighted by molar-refractivity contribution is 0.00218. The SMILES string of the molecule is CCC(OC(=O)c1ccccc1C(=O)OC(CC)C1CCCCC1)C1CCCCC1. The van der Waals surface area contributed by atoms with Crippen molar-refractivity contribution in [2.45, 2.75) is 103 Å². The van der Waals surface area contributed by atoms with Crippen molar-refractivity contribution in [3.63, 3.8) is 0 Å². The summed E-state index contributed by atoms with van der Waals surface area (Å²) in [5, 5.41) is 0. The highest BCUT2D eigenvalue weighted by atomic mass is 16.6. The van der Waals surface area contributed by atoms with Crippen molar-refractivity contribution < 1.29 is 19.1 Å². The summed E-state index contributed by atoms with van der Waals surface area (Å²) in [7, 11) is 0. The molecule has 0 spiro atoms. The van der Waals surface area contributed by atoms with Gasteiger partial charge in [0.25, 0.3) is 0 Å². The van der Waals surface area contributed by atoms with Crippen LogP contribution in [0.25, 0.3) is 0 Å². The molecule has 0 N–H and O–H groups in total. The Bertz CT molecular complexity index is 627. The van der Waals surface area contributed by atoms with Crippen LogP contribution in [0, 0.1) is 11.8 Å². The highest BCUT2D eigenvalue weighted by Crippen LogP contribution is 2.31. The second kappa shape index (κ2) is 11.5. The van der Waals surface area contributed by atoms with Crippen LogP contribution in [-0.2, 0) is 9.47 Å². The van der Waals surface area contributed by atoms with Gasteiger partial charge in [0, 0.05) is 0 Å². The van der Waals surface area contributed by atoms with Crippen LogP contribution in [0.4, 0.5) is 0 Å². The first-order chi connectivity index (χ1) is 14.6. The summed E-state index contributed by atoms with van der Waals surface area (Å²) in [5.74, 6) is 0.0709. The second-order valence-electron chi connectivity index (χ2n) is 9.05. The molecule has 0 aromatic heterocycles. The molecule has 0 bridgehead atoms. The third kappa shape index (κ3) is 5.86. The van der Waals surface area contributed by atoms with E-state index in [4.69, 9.17) is 9.47 Å². The third-order valence-corrected chi connectivity index (χ3v) is 7.04. The number of carbonyl (C=O) groups is 2. The van der Waals surface area contributed by atoms with Crippen molar-refractivity contribution in [2.24, 2.45) is 11.8 Å². The Hall–Kier alpha value is -1.84. The van der Waals surface area contributed by atoms with E-state index >= 15 is 0 Å². The fourth-order valence-electron chi connectivity index (χ4n) is 5.28. The Kier molecular flexibility index (Phi) is 8.77. The lowest BCUT2D eigenvalue weighted by atomic mass is 9.84. The normalized spacial score (nSPS) is 20.3. The van der Waals surface area contributed by atoms with Gasteiger partial charge in [0.05, 0.1) is 11.1 Å². The van der Waals surface area contributed by atoms with Gasteiger partial charge in [-0.3, -0.25) is 0 Å². The van der Waals surface area contributed by atoms with E-state index in [0.717, 1.165) is 38.5 Å². The molecule has 2 fully saturated rings. The number of carbonyl (C=O) groups excluding carboxylic acids is 2. The highest BCUT2D eigenvalue weighted by Gasteiger charge is 2.30. The molecular weight excluding hydrogens is 376 g/mol. The second-order valence-corrected chi connectivity index (χ2v) is 9.05. The molecule has 2 unspecified atom stereocenters. The van der Waals surface area contributed by atoms with Crippen LogP contribution in [0.15, 0.2) is 24.3 Å². The molecule has 2 aliphatic carbocycles. The summed E-state index contributed by atoms with van der Waals surface area (Å²) in [4.78, 5) is 26.0. The summed E-state index contributed by atoms with van der Waals surface area (Å²) < 4.78 is 11.8. The molecule has 4 heteroatoms. The maximum absolute atomic E-state index is 13.0. The molecule has 30 heavy (non-hydrogen) atoms. The minimum Gasteiger partial charge on any atom is -0.458 e. The molecule has 3 rings (SSSR count). The van der Waals surface area contributed by atoms with E-state index in [9.17, 15) is 9.59 Å². The van der Waals surface area contributed by atoms with Gasteiger partial charge in [-0.15, -0.1) is 0 Å². The Balaban J connectivity index is 1.69. The van der Waals surface area contributed by atoms with Crippen molar-refractivity contribution >= 4 is 11.9 Å². The quantitative estimate of drug-likeness (QED) is 0.443. The fourth-order valence-corrected chi connectivity index (χ4v) is 5.28. The third-order valence-electron chi connectivity index (χ3n) is 7.04. The predicted octanol–water partition coefficient (Wildman–Crippen LogP) is 6.72. The van der Waals surface area contributed by atoms with E-state index in [0.29, 0.717) is 23.0 Å². The van der Waals surface area contributed by atoms with Gasteiger partial charge in [-0.1, -0.05) is 64.5 Å². The number of esters is 2. The van der Waals surface area contributed by atoms with Crippen molar-refractivity contribution in [3.05, 3.63) is 35.4 Å². The van der Waals surface area contributed by atoms with Crippen LogP contribution >= 0.6 is 0 Å². The first-order valence-corrected chi connectivity index (χ1v) is 12.1. The zero-order chi connectivity index (χ0) is 21.3. The lowest BCUT2D eigenvalue weighted by Gasteiger charge is -2.30. The number of benzene rings is 1. The van der Waals surface area contributed by atoms with Gasteiger partial charge in [0.15, 0.2) is 0 Å². The highest BCUT2D eigenvalue weighted by molar-refractivity contribution is 6.03. The first-order valence-electron chi connectivity index (χ1n) is 12.1. The Morgan fingerprint density at radius 2 is 1.10 bits per heavy atom. The zero-order valence-electron chi connectivity index (χ0n) is 18.7. The van der Waals surface area contributed by atoms with Gasteiger partial charge in [-0.25, -0.2) is 9.59 Å². The van der Waals surface area contributed by atoms with Crippen LogP contribution in [-0.4, -0.2) is 24.1 Å². The monoisotopic (exact) mass is 414 g/mol. The van der Waals surface area contributed by atoms with Gasteiger partial charge in [0.1, 0.15) is 12.2 Å². The number of hydrogen-bond acceptors (Lipinski definition) is 4. The van der Waals surface area contributed by atoms with Crippen molar-refractivity contribution in [1.82, 2.24) is 0 Å². The van der Waals surface area contributed by atoms with Crippen molar-refractivity contribution in [2.75, 3.05) is 0 Å². The standard InChI is InChI=1S/C26H38O4/c1-3-23(19-13-7-5-8-14-19)29-25(27)21-17-11-12-18-22(21)26(28)30-24(4-2)20-15-9-6-10-16-20/h11-12,17-20,23-24H,3-10,13-16H2,1-2H3. The Morgan fingerprint density at radius 1 is 0.733 bits per heavy atom. The molecule has 0 radical (unpaired) electrons. The average Bonchev–Trinajstić information content (AvgIpc) is 2.81. The summed E-state index contributed by atoms with van der Waals surface area (Å²) in [6.45, 7) is 4.14. The lowest BCUT2D eigenvalue weighted by Crippen LogP contribution is -2.30. The van der Waals surface area contributed by atoms with E-state index in [2.05, 4.69) is 13.8 Å². The largest absolute Gasteiger partial charge is 0.458 e. The fraction of sp³-hybridized carbons (Fsp3) is 0.692. The molecule has 2 aliphatic rings. The van der Waals surface area contributed by atoms with E-state index in [1.165, 1.54) is 38.5 Å². The summed E-state index contributed by atoms with van der Waals surface area (Å²) in [5.41, 5.74) is 0.658. The molecule has 2 saturated carbocycles. The molecule has 1 aromatic rings. The maximum atomic E-state index is 13.0. The molecule has 2 atom stereocenters. The van der Waals surface area contributed by atoms with Gasteiger partial charge in [-0.2, -0.15) is 0 Å². The zero-order valence-corrected chi connectivity index (χ0v) is 18.7. The molecule has 0 heterocycles. The molecule has 0 amide bonds. The molecule has 4 nitrogen and oxygen atoms in total. The van der Waals surface area contributed by atoms with Gasteiger partial charge in [-0.05, 0) is 62.5 Å². The number of ether oxygens (including phenoxy) is 2. The Labute approximate surface area is 181 Å². The molecule has 0 saturated heterocycles. The van der Waals surface area contributed by atoms with Gasteiger partial charge >= 0.3 is 11.9 Å². The minimum atomic E-state index is -0.398. The van der Waals surface area contributed by atoms with Crippen LogP contribution in [0.2, 0.25) is 0 Å². The molecular formula is C26H38O4. The maximum Gasteiger partial charge on any atom is 0.339 e. The van der Waals surface area contributed by atoms with Crippen LogP contribution in [0.5, 0.6) is 0 Å². The van der Waals surface area contributed by atoms with Gasteiger partial charge < -0.3 is 9.47 Å². The summed E-state index contributed by atoms with van der Waals surface area (Å²) in [6, 6.07) is 6.95. The Morgan fingerprint density at radius 3 is 1.43 bits per heavy atom. The topological polar surface area (TPSA) is 52.6 Å².